The van der Waals surface area contributed by atoms with E-state index in [9.17, 15) is 9.59 Å². The molecule has 0 unspecified atom stereocenters. The first-order valence-corrected chi connectivity index (χ1v) is 11.0. The monoisotopic (exact) mass is 450 g/mol. The van der Waals surface area contributed by atoms with Crippen LogP contribution < -0.4 is 15.0 Å². The van der Waals surface area contributed by atoms with Crippen LogP contribution in [0.3, 0.4) is 0 Å². The quantitative estimate of drug-likeness (QED) is 0.560. The summed E-state index contributed by atoms with van der Waals surface area (Å²) in [6.07, 6.45) is 0. The Bertz CT molecular complexity index is 1180. The van der Waals surface area contributed by atoms with E-state index in [4.69, 9.17) is 9.47 Å². The SMILES string of the molecule is COC(=O)c1[nH]c2cc(OC)ccc2c1NC(=O)CN1CCN(c2cccc(C)c2C)CC1. The van der Waals surface area contributed by atoms with E-state index in [0.717, 1.165) is 31.6 Å². The fraction of sp³-hybridized carbons (Fsp3) is 0.360. The van der Waals surface area contributed by atoms with Crippen molar-refractivity contribution in [2.45, 2.75) is 13.8 Å². The Morgan fingerprint density at radius 2 is 1.82 bits per heavy atom. The Morgan fingerprint density at radius 1 is 1.06 bits per heavy atom. The summed E-state index contributed by atoms with van der Waals surface area (Å²) < 4.78 is 10.2. The predicted octanol–water partition coefficient (Wildman–Crippen LogP) is 3.34. The normalized spacial score (nSPS) is 14.4. The summed E-state index contributed by atoms with van der Waals surface area (Å²) in [6, 6.07) is 11.8. The highest BCUT2D eigenvalue weighted by molar-refractivity contribution is 6.11. The van der Waals surface area contributed by atoms with E-state index in [1.165, 1.54) is 23.9 Å². The summed E-state index contributed by atoms with van der Waals surface area (Å²) in [5, 5.41) is 3.65. The first kappa shape index (κ1) is 22.7. The summed E-state index contributed by atoms with van der Waals surface area (Å²) in [5.41, 5.74) is 5.18. The van der Waals surface area contributed by atoms with Gasteiger partial charge in [0.25, 0.3) is 0 Å². The third-order valence-electron chi connectivity index (χ3n) is 6.32. The number of hydrogen-bond acceptors (Lipinski definition) is 6. The lowest BCUT2D eigenvalue weighted by Gasteiger charge is -2.36. The lowest BCUT2D eigenvalue weighted by atomic mass is 10.1. The molecule has 0 radical (unpaired) electrons. The average molecular weight is 451 g/mol. The van der Waals surface area contributed by atoms with Crippen molar-refractivity contribution in [3.05, 3.63) is 53.2 Å². The highest BCUT2D eigenvalue weighted by Gasteiger charge is 2.24. The number of anilines is 2. The first-order valence-electron chi connectivity index (χ1n) is 11.0. The number of methoxy groups -OCH3 is 2. The standard InChI is InChI=1S/C25H30N4O4/c1-16-6-5-7-21(17(16)2)29-12-10-28(11-13-29)15-22(30)27-23-19-9-8-18(32-3)14-20(19)26-24(23)25(31)33-4/h5-9,14,26H,10-13,15H2,1-4H3,(H,27,30). The number of amides is 1. The molecule has 2 heterocycles. The van der Waals surface area contributed by atoms with Crippen LogP contribution in [0.5, 0.6) is 5.75 Å². The minimum absolute atomic E-state index is 0.169. The number of rotatable bonds is 6. The Morgan fingerprint density at radius 3 is 2.52 bits per heavy atom. The molecule has 2 aromatic carbocycles. The number of aryl methyl sites for hydroxylation is 1. The van der Waals surface area contributed by atoms with Gasteiger partial charge in [-0.1, -0.05) is 12.1 Å². The van der Waals surface area contributed by atoms with Crippen LogP contribution in [-0.4, -0.2) is 68.7 Å². The molecule has 1 aliphatic rings. The molecule has 1 aliphatic heterocycles. The Balaban J connectivity index is 1.44. The molecule has 0 atom stereocenters. The summed E-state index contributed by atoms with van der Waals surface area (Å²) >= 11 is 0. The van der Waals surface area contributed by atoms with E-state index in [1.807, 2.05) is 6.07 Å². The number of carbonyl (C=O) groups is 2. The highest BCUT2D eigenvalue weighted by atomic mass is 16.5. The van der Waals surface area contributed by atoms with Crippen molar-refractivity contribution >= 4 is 34.2 Å². The predicted molar refractivity (Wildman–Crippen MR) is 129 cm³/mol. The minimum Gasteiger partial charge on any atom is -0.497 e. The van der Waals surface area contributed by atoms with Gasteiger partial charge in [-0.15, -0.1) is 0 Å². The molecule has 0 spiro atoms. The Kier molecular flexibility index (Phi) is 6.55. The molecular weight excluding hydrogens is 420 g/mol. The number of nitrogens with zero attached hydrogens (tertiary/aromatic N) is 2. The number of nitrogens with one attached hydrogen (secondary N) is 2. The van der Waals surface area contributed by atoms with E-state index in [2.05, 4.69) is 52.1 Å². The second-order valence-electron chi connectivity index (χ2n) is 8.31. The maximum atomic E-state index is 12.9. The van der Waals surface area contributed by atoms with Crippen molar-refractivity contribution in [3.63, 3.8) is 0 Å². The minimum atomic E-state index is -0.539. The van der Waals surface area contributed by atoms with Gasteiger partial charge in [-0.25, -0.2) is 4.79 Å². The number of hydrogen-bond donors (Lipinski definition) is 2. The largest absolute Gasteiger partial charge is 0.497 e. The van der Waals surface area contributed by atoms with E-state index >= 15 is 0 Å². The van der Waals surface area contributed by atoms with Crippen molar-refractivity contribution in [1.82, 2.24) is 9.88 Å². The molecule has 8 heteroatoms. The third-order valence-corrected chi connectivity index (χ3v) is 6.32. The van der Waals surface area contributed by atoms with Crippen molar-refractivity contribution < 1.29 is 19.1 Å². The summed E-state index contributed by atoms with van der Waals surface area (Å²) in [6.45, 7) is 7.83. The van der Waals surface area contributed by atoms with Gasteiger partial charge in [0, 0.05) is 43.3 Å². The maximum Gasteiger partial charge on any atom is 0.356 e. The number of aromatic amines is 1. The number of aromatic nitrogens is 1. The molecule has 0 aliphatic carbocycles. The third kappa shape index (κ3) is 4.66. The molecule has 1 aromatic heterocycles. The molecule has 0 saturated carbocycles. The van der Waals surface area contributed by atoms with Gasteiger partial charge in [-0.2, -0.15) is 0 Å². The number of H-pyrrole nitrogens is 1. The van der Waals surface area contributed by atoms with Crippen molar-refractivity contribution in [2.75, 3.05) is 57.2 Å². The molecule has 2 N–H and O–H groups in total. The zero-order valence-corrected chi connectivity index (χ0v) is 19.5. The highest BCUT2D eigenvalue weighted by Crippen LogP contribution is 2.31. The van der Waals surface area contributed by atoms with Crippen LogP contribution >= 0.6 is 0 Å². The summed E-state index contributed by atoms with van der Waals surface area (Å²) in [5.74, 6) is -0.0561. The molecule has 1 amide bonds. The van der Waals surface area contributed by atoms with Gasteiger partial charge in [-0.3, -0.25) is 9.69 Å². The molecule has 174 valence electrons. The number of carbonyl (C=O) groups excluding carboxylic acids is 2. The van der Waals surface area contributed by atoms with E-state index in [0.29, 0.717) is 17.0 Å². The number of esters is 1. The number of ether oxygens (including phenoxy) is 2. The first-order chi connectivity index (χ1) is 15.9. The molecule has 0 bridgehead atoms. The van der Waals surface area contributed by atoms with Crippen molar-refractivity contribution in [1.29, 1.82) is 0 Å². The fourth-order valence-corrected chi connectivity index (χ4v) is 4.30. The van der Waals surface area contributed by atoms with E-state index in [-0.39, 0.29) is 18.1 Å². The van der Waals surface area contributed by atoms with Crippen LogP contribution in [0.2, 0.25) is 0 Å². The van der Waals surface area contributed by atoms with E-state index in [1.54, 1.807) is 19.2 Å². The van der Waals surface area contributed by atoms with Gasteiger partial charge in [-0.05, 0) is 43.2 Å². The van der Waals surface area contributed by atoms with Gasteiger partial charge >= 0.3 is 5.97 Å². The molecule has 1 fully saturated rings. The molecule has 33 heavy (non-hydrogen) atoms. The molecule has 8 nitrogen and oxygen atoms in total. The van der Waals surface area contributed by atoms with Gasteiger partial charge in [0.1, 0.15) is 11.4 Å². The van der Waals surface area contributed by atoms with Crippen molar-refractivity contribution in [3.8, 4) is 5.75 Å². The number of benzene rings is 2. The summed E-state index contributed by atoms with van der Waals surface area (Å²) in [7, 11) is 2.89. The van der Waals surface area contributed by atoms with Crippen LogP contribution in [0.4, 0.5) is 11.4 Å². The Hall–Kier alpha value is -3.52. The van der Waals surface area contributed by atoms with Crippen LogP contribution in [0.1, 0.15) is 21.6 Å². The number of piperazine rings is 1. The molecule has 4 rings (SSSR count). The molecular formula is C25H30N4O4. The lowest BCUT2D eigenvalue weighted by Crippen LogP contribution is -2.48. The zero-order chi connectivity index (χ0) is 23.5. The fourth-order valence-electron chi connectivity index (χ4n) is 4.30. The second-order valence-corrected chi connectivity index (χ2v) is 8.31. The number of fused-ring (bicyclic) bond motifs is 1. The van der Waals surface area contributed by atoms with Gasteiger partial charge < -0.3 is 24.7 Å². The van der Waals surface area contributed by atoms with Crippen LogP contribution in [0, 0.1) is 13.8 Å². The lowest BCUT2D eigenvalue weighted by molar-refractivity contribution is -0.117. The van der Waals surface area contributed by atoms with Crippen LogP contribution in [0.25, 0.3) is 10.9 Å². The summed E-state index contributed by atoms with van der Waals surface area (Å²) in [4.78, 5) is 32.8. The van der Waals surface area contributed by atoms with Gasteiger partial charge in [0.15, 0.2) is 0 Å². The molecule has 3 aromatic rings. The van der Waals surface area contributed by atoms with Gasteiger partial charge in [0.2, 0.25) is 5.91 Å². The molecule has 1 saturated heterocycles. The van der Waals surface area contributed by atoms with Crippen LogP contribution in [-0.2, 0) is 9.53 Å². The smallest absolute Gasteiger partial charge is 0.356 e. The maximum absolute atomic E-state index is 12.9. The van der Waals surface area contributed by atoms with Gasteiger partial charge in [0.05, 0.1) is 32.0 Å². The zero-order valence-electron chi connectivity index (χ0n) is 19.5. The van der Waals surface area contributed by atoms with E-state index < -0.39 is 5.97 Å². The van der Waals surface area contributed by atoms with Crippen molar-refractivity contribution in [2.24, 2.45) is 0 Å². The topological polar surface area (TPSA) is 86.9 Å². The average Bonchev–Trinajstić information content (AvgIpc) is 3.18. The van der Waals surface area contributed by atoms with Crippen LogP contribution in [0.15, 0.2) is 36.4 Å². The Labute approximate surface area is 193 Å². The second kappa shape index (κ2) is 9.54.